The average molecular weight is 293 g/mol. The maximum atomic E-state index is 5.91. The van der Waals surface area contributed by atoms with Gasteiger partial charge in [-0.3, -0.25) is 0 Å². The summed E-state index contributed by atoms with van der Waals surface area (Å²) in [6.07, 6.45) is 3.50. The largest absolute Gasteiger partial charge is 0.314 e. The minimum atomic E-state index is 0.666. The van der Waals surface area contributed by atoms with Gasteiger partial charge in [0.05, 0.1) is 11.2 Å². The van der Waals surface area contributed by atoms with Gasteiger partial charge in [-0.15, -0.1) is 11.3 Å². The Labute approximate surface area is 122 Å². The molecule has 1 heterocycles. The Hall–Kier alpha value is -0.900. The van der Waals surface area contributed by atoms with Crippen LogP contribution in [0.4, 0.5) is 0 Å². The lowest BCUT2D eigenvalue weighted by molar-refractivity contribution is 0.292. The molecule has 0 radical (unpaired) electrons. The van der Waals surface area contributed by atoms with Gasteiger partial charge in [0.15, 0.2) is 0 Å². The van der Waals surface area contributed by atoms with Crippen LogP contribution in [-0.2, 0) is 6.42 Å². The Kier molecular flexibility index (Phi) is 4.16. The van der Waals surface area contributed by atoms with Crippen LogP contribution in [0.5, 0.6) is 0 Å². The molecule has 0 spiro atoms. The Morgan fingerprint density at radius 1 is 1.26 bits per heavy atom. The molecular formula is C15H17ClN2S. The molecule has 0 aliphatic heterocycles. The standard InChI is InChI=1S/C15H17ClN2S/c16-13-3-1-11(2-4-13)12-7-15(8-12)17-6-5-14-9-19-10-18-14/h1-4,9-10,12,15,17H,5-8H2. The predicted octanol–water partition coefficient (Wildman–Crippen LogP) is 3.87. The number of halogens is 1. The zero-order valence-electron chi connectivity index (χ0n) is 10.7. The van der Waals surface area contributed by atoms with Gasteiger partial charge in [0.2, 0.25) is 0 Å². The Balaban J connectivity index is 1.39. The molecule has 100 valence electrons. The van der Waals surface area contributed by atoms with Crippen molar-refractivity contribution in [2.24, 2.45) is 0 Å². The summed E-state index contributed by atoms with van der Waals surface area (Å²) in [5.41, 5.74) is 4.52. The molecule has 19 heavy (non-hydrogen) atoms. The molecule has 0 atom stereocenters. The Morgan fingerprint density at radius 3 is 2.74 bits per heavy atom. The van der Waals surface area contributed by atoms with Crippen molar-refractivity contribution in [3.8, 4) is 0 Å². The molecule has 3 rings (SSSR count). The zero-order valence-corrected chi connectivity index (χ0v) is 12.3. The Morgan fingerprint density at radius 2 is 2.05 bits per heavy atom. The lowest BCUT2D eigenvalue weighted by atomic mass is 9.76. The van der Waals surface area contributed by atoms with Gasteiger partial charge in [-0.05, 0) is 36.5 Å². The van der Waals surface area contributed by atoms with Crippen molar-refractivity contribution < 1.29 is 0 Å². The normalized spacial score (nSPS) is 22.2. The van der Waals surface area contributed by atoms with E-state index < -0.39 is 0 Å². The Bertz CT molecular complexity index is 503. The molecule has 1 fully saturated rings. The summed E-state index contributed by atoms with van der Waals surface area (Å²) in [6, 6.07) is 8.94. The highest BCUT2D eigenvalue weighted by Gasteiger charge is 2.29. The number of thiazole rings is 1. The van der Waals surface area contributed by atoms with Gasteiger partial charge in [0, 0.05) is 29.4 Å². The lowest BCUT2D eigenvalue weighted by Gasteiger charge is -2.36. The quantitative estimate of drug-likeness (QED) is 0.905. The molecule has 1 aliphatic carbocycles. The summed E-state index contributed by atoms with van der Waals surface area (Å²) in [5.74, 6) is 0.703. The van der Waals surface area contributed by atoms with E-state index in [1.165, 1.54) is 24.1 Å². The van der Waals surface area contributed by atoms with Crippen molar-refractivity contribution in [2.45, 2.75) is 31.2 Å². The maximum absolute atomic E-state index is 5.91. The number of hydrogen-bond donors (Lipinski definition) is 1. The molecule has 0 amide bonds. The van der Waals surface area contributed by atoms with E-state index in [1.54, 1.807) is 11.3 Å². The molecule has 2 nitrogen and oxygen atoms in total. The van der Waals surface area contributed by atoms with Crippen LogP contribution in [-0.4, -0.2) is 17.6 Å². The first-order chi connectivity index (χ1) is 9.31. The van der Waals surface area contributed by atoms with Crippen LogP contribution in [0.2, 0.25) is 5.02 Å². The second-order valence-corrected chi connectivity index (χ2v) is 6.26. The second-order valence-electron chi connectivity index (χ2n) is 5.10. The number of nitrogens with zero attached hydrogens (tertiary/aromatic N) is 1. The minimum Gasteiger partial charge on any atom is -0.314 e. The van der Waals surface area contributed by atoms with E-state index in [-0.39, 0.29) is 0 Å². The van der Waals surface area contributed by atoms with Crippen LogP contribution in [0, 0.1) is 0 Å². The molecule has 1 saturated carbocycles. The lowest BCUT2D eigenvalue weighted by Crippen LogP contribution is -2.40. The van der Waals surface area contributed by atoms with Gasteiger partial charge in [-0.25, -0.2) is 4.98 Å². The van der Waals surface area contributed by atoms with Crippen LogP contribution in [0.15, 0.2) is 35.2 Å². The topological polar surface area (TPSA) is 24.9 Å². The average Bonchev–Trinajstić information content (AvgIpc) is 2.87. The smallest absolute Gasteiger partial charge is 0.0794 e. The van der Waals surface area contributed by atoms with Gasteiger partial charge in [0.25, 0.3) is 0 Å². The first-order valence-corrected chi connectivity index (χ1v) is 7.99. The van der Waals surface area contributed by atoms with Crippen LogP contribution in [0.1, 0.15) is 30.0 Å². The molecule has 1 aromatic carbocycles. The van der Waals surface area contributed by atoms with Crippen molar-refractivity contribution >= 4 is 22.9 Å². The zero-order chi connectivity index (χ0) is 13.1. The van der Waals surface area contributed by atoms with E-state index >= 15 is 0 Å². The van der Waals surface area contributed by atoms with Crippen LogP contribution in [0.25, 0.3) is 0 Å². The highest BCUT2D eigenvalue weighted by molar-refractivity contribution is 7.07. The van der Waals surface area contributed by atoms with Crippen molar-refractivity contribution in [2.75, 3.05) is 6.54 Å². The summed E-state index contributed by atoms with van der Waals surface area (Å²) in [7, 11) is 0. The highest BCUT2D eigenvalue weighted by Crippen LogP contribution is 2.37. The van der Waals surface area contributed by atoms with Crippen LogP contribution < -0.4 is 5.32 Å². The molecule has 1 aliphatic rings. The number of aromatic nitrogens is 1. The van der Waals surface area contributed by atoms with E-state index in [0.29, 0.717) is 12.0 Å². The van der Waals surface area contributed by atoms with E-state index in [1.807, 2.05) is 17.6 Å². The third-order valence-electron chi connectivity index (χ3n) is 3.78. The summed E-state index contributed by atoms with van der Waals surface area (Å²) < 4.78 is 0. The minimum absolute atomic E-state index is 0.666. The van der Waals surface area contributed by atoms with E-state index in [2.05, 4.69) is 27.8 Å². The van der Waals surface area contributed by atoms with Gasteiger partial charge in [-0.2, -0.15) is 0 Å². The second kappa shape index (κ2) is 6.04. The molecule has 0 bridgehead atoms. The van der Waals surface area contributed by atoms with E-state index in [9.17, 15) is 0 Å². The fraction of sp³-hybridized carbons (Fsp3) is 0.400. The maximum Gasteiger partial charge on any atom is 0.0794 e. The number of rotatable bonds is 5. The van der Waals surface area contributed by atoms with Gasteiger partial charge >= 0.3 is 0 Å². The first-order valence-electron chi connectivity index (χ1n) is 6.67. The molecular weight excluding hydrogens is 276 g/mol. The van der Waals surface area contributed by atoms with E-state index in [4.69, 9.17) is 11.6 Å². The molecule has 4 heteroatoms. The summed E-state index contributed by atoms with van der Waals surface area (Å²) >= 11 is 7.57. The number of benzene rings is 1. The fourth-order valence-electron chi connectivity index (χ4n) is 2.56. The fourth-order valence-corrected chi connectivity index (χ4v) is 3.28. The van der Waals surface area contributed by atoms with Crippen molar-refractivity contribution in [1.82, 2.24) is 10.3 Å². The first kappa shape index (κ1) is 13.1. The molecule has 1 N–H and O–H groups in total. The van der Waals surface area contributed by atoms with Crippen molar-refractivity contribution in [3.63, 3.8) is 0 Å². The van der Waals surface area contributed by atoms with E-state index in [0.717, 1.165) is 18.0 Å². The predicted molar refractivity (Wildman–Crippen MR) is 81.0 cm³/mol. The van der Waals surface area contributed by atoms with Crippen LogP contribution in [0.3, 0.4) is 0 Å². The van der Waals surface area contributed by atoms with Gasteiger partial charge in [0.1, 0.15) is 0 Å². The molecule has 1 aromatic heterocycles. The molecule has 0 saturated heterocycles. The third-order valence-corrected chi connectivity index (χ3v) is 4.66. The molecule has 0 unspecified atom stereocenters. The summed E-state index contributed by atoms with van der Waals surface area (Å²) in [5, 5.41) is 6.55. The number of nitrogens with one attached hydrogen (secondary N) is 1. The highest BCUT2D eigenvalue weighted by atomic mass is 35.5. The number of hydrogen-bond acceptors (Lipinski definition) is 3. The van der Waals surface area contributed by atoms with Crippen molar-refractivity contribution in [1.29, 1.82) is 0 Å². The van der Waals surface area contributed by atoms with Gasteiger partial charge in [-0.1, -0.05) is 23.7 Å². The summed E-state index contributed by atoms with van der Waals surface area (Å²) in [6.45, 7) is 1.03. The SMILES string of the molecule is Clc1ccc(C2CC(NCCc3cscn3)C2)cc1. The van der Waals surface area contributed by atoms with Gasteiger partial charge < -0.3 is 5.32 Å². The van der Waals surface area contributed by atoms with Crippen LogP contribution >= 0.6 is 22.9 Å². The summed E-state index contributed by atoms with van der Waals surface area (Å²) in [4.78, 5) is 4.29. The third kappa shape index (κ3) is 3.35. The molecule has 2 aromatic rings. The monoisotopic (exact) mass is 292 g/mol. The van der Waals surface area contributed by atoms with Crippen molar-refractivity contribution in [3.05, 3.63) is 51.4 Å².